The monoisotopic (exact) mass is 141 g/mol. The van der Waals surface area contributed by atoms with Crippen LogP contribution in [0.3, 0.4) is 0 Å². The van der Waals surface area contributed by atoms with Gasteiger partial charge in [0, 0.05) is 7.11 Å². The minimum Gasteiger partial charge on any atom is -0.395 e. The van der Waals surface area contributed by atoms with Gasteiger partial charge in [-0.2, -0.15) is 0 Å². The second-order valence-corrected chi connectivity index (χ2v) is 1.40. The average Bonchev–Trinajstić information content (AvgIpc) is 1.68. The van der Waals surface area contributed by atoms with Crippen LogP contribution in [0.2, 0.25) is 0 Å². The van der Waals surface area contributed by atoms with E-state index in [0.717, 1.165) is 0 Å². The minimum absolute atomic E-state index is 0. The Morgan fingerprint density at radius 3 is 2.38 bits per heavy atom. The third-order valence-electron chi connectivity index (χ3n) is 0.615. The van der Waals surface area contributed by atoms with Crippen molar-refractivity contribution in [2.24, 2.45) is 5.73 Å². The number of aliphatic hydroxyl groups is 1. The van der Waals surface area contributed by atoms with E-state index in [-0.39, 0.29) is 25.1 Å². The Morgan fingerprint density at radius 1 is 1.75 bits per heavy atom. The first-order valence-electron chi connectivity index (χ1n) is 2.16. The van der Waals surface area contributed by atoms with Crippen LogP contribution in [-0.4, -0.2) is 31.5 Å². The standard InChI is InChI=1S/C4H11NO2.ClH/c1-7-3-4(5)2-6;/h4,6H,2-3,5H2,1H3;1H/t4-;/m1./s1. The maximum absolute atomic E-state index is 8.26. The van der Waals surface area contributed by atoms with Gasteiger partial charge in [0.2, 0.25) is 0 Å². The maximum Gasteiger partial charge on any atom is 0.0636 e. The minimum atomic E-state index is -0.218. The summed E-state index contributed by atoms with van der Waals surface area (Å²) in [5.41, 5.74) is 5.21. The van der Waals surface area contributed by atoms with E-state index in [4.69, 9.17) is 10.8 Å². The Hall–Kier alpha value is 0.170. The molecule has 0 saturated heterocycles. The first kappa shape index (κ1) is 11.0. The summed E-state index contributed by atoms with van der Waals surface area (Å²) in [5.74, 6) is 0. The summed E-state index contributed by atoms with van der Waals surface area (Å²) < 4.78 is 4.61. The summed E-state index contributed by atoms with van der Waals surface area (Å²) >= 11 is 0. The Bertz CT molecular complexity index is 45.0. The van der Waals surface area contributed by atoms with Crippen molar-refractivity contribution in [1.29, 1.82) is 0 Å². The number of rotatable bonds is 3. The van der Waals surface area contributed by atoms with Gasteiger partial charge in [0.1, 0.15) is 0 Å². The zero-order valence-electron chi connectivity index (χ0n) is 4.83. The summed E-state index contributed by atoms with van der Waals surface area (Å²) in [6, 6.07) is -0.218. The molecule has 3 N–H and O–H groups in total. The van der Waals surface area contributed by atoms with Crippen molar-refractivity contribution in [2.45, 2.75) is 6.04 Å². The third-order valence-corrected chi connectivity index (χ3v) is 0.615. The molecule has 0 aromatic carbocycles. The van der Waals surface area contributed by atoms with E-state index in [2.05, 4.69) is 4.74 Å². The van der Waals surface area contributed by atoms with Crippen LogP contribution in [0.25, 0.3) is 0 Å². The lowest BCUT2D eigenvalue weighted by molar-refractivity contribution is 0.146. The molecule has 0 aliphatic carbocycles. The molecule has 0 aliphatic heterocycles. The molecule has 0 rings (SSSR count). The molecule has 0 aliphatic rings. The molecule has 52 valence electrons. The van der Waals surface area contributed by atoms with Crippen LogP contribution in [0.15, 0.2) is 0 Å². The summed E-state index contributed by atoms with van der Waals surface area (Å²) in [6.07, 6.45) is 0. The molecule has 0 radical (unpaired) electrons. The Labute approximate surface area is 55.2 Å². The smallest absolute Gasteiger partial charge is 0.0636 e. The molecule has 4 heteroatoms. The molecular formula is C4H12ClNO2. The van der Waals surface area contributed by atoms with Gasteiger partial charge in [0.15, 0.2) is 0 Å². The number of hydrogen-bond acceptors (Lipinski definition) is 3. The Morgan fingerprint density at radius 2 is 2.25 bits per heavy atom. The van der Waals surface area contributed by atoms with Crippen molar-refractivity contribution in [1.82, 2.24) is 0 Å². The maximum atomic E-state index is 8.26. The number of aliphatic hydroxyl groups excluding tert-OH is 1. The van der Waals surface area contributed by atoms with Crippen molar-refractivity contribution in [3.05, 3.63) is 0 Å². The van der Waals surface area contributed by atoms with Crippen LogP contribution < -0.4 is 5.73 Å². The van der Waals surface area contributed by atoms with Gasteiger partial charge in [0.05, 0.1) is 19.3 Å². The first-order chi connectivity index (χ1) is 3.31. The van der Waals surface area contributed by atoms with Gasteiger partial charge in [-0.1, -0.05) is 0 Å². The van der Waals surface area contributed by atoms with E-state index in [1.165, 1.54) is 0 Å². The topological polar surface area (TPSA) is 55.5 Å². The van der Waals surface area contributed by atoms with Gasteiger partial charge in [-0.3, -0.25) is 0 Å². The van der Waals surface area contributed by atoms with Crippen LogP contribution >= 0.6 is 12.4 Å². The van der Waals surface area contributed by atoms with Crippen molar-refractivity contribution in [3.63, 3.8) is 0 Å². The Balaban J connectivity index is 0. The van der Waals surface area contributed by atoms with Gasteiger partial charge in [-0.25, -0.2) is 0 Å². The molecule has 0 fully saturated rings. The lowest BCUT2D eigenvalue weighted by Crippen LogP contribution is -2.29. The highest BCUT2D eigenvalue weighted by Crippen LogP contribution is 1.73. The highest BCUT2D eigenvalue weighted by Gasteiger charge is 1.94. The molecule has 0 unspecified atom stereocenters. The summed E-state index contributed by atoms with van der Waals surface area (Å²) in [4.78, 5) is 0. The van der Waals surface area contributed by atoms with Gasteiger partial charge in [-0.05, 0) is 0 Å². The predicted octanol–water partition coefficient (Wildman–Crippen LogP) is -0.626. The fourth-order valence-electron chi connectivity index (χ4n) is 0.267. The van der Waals surface area contributed by atoms with Crippen molar-refractivity contribution in [3.8, 4) is 0 Å². The Kier molecular flexibility index (Phi) is 9.89. The van der Waals surface area contributed by atoms with Crippen molar-refractivity contribution >= 4 is 12.4 Å². The number of methoxy groups -OCH3 is 1. The molecule has 8 heavy (non-hydrogen) atoms. The number of halogens is 1. The molecule has 0 amide bonds. The second-order valence-electron chi connectivity index (χ2n) is 1.40. The molecule has 0 aromatic heterocycles. The van der Waals surface area contributed by atoms with E-state index in [9.17, 15) is 0 Å². The largest absolute Gasteiger partial charge is 0.395 e. The van der Waals surface area contributed by atoms with Crippen molar-refractivity contribution < 1.29 is 9.84 Å². The van der Waals surface area contributed by atoms with Crippen LogP contribution in [0.5, 0.6) is 0 Å². The molecule has 0 saturated carbocycles. The molecule has 3 nitrogen and oxygen atoms in total. The molecule has 0 bridgehead atoms. The number of nitrogens with two attached hydrogens (primary N) is 1. The normalized spacial score (nSPS) is 12.4. The zero-order chi connectivity index (χ0) is 5.70. The zero-order valence-corrected chi connectivity index (χ0v) is 5.65. The summed E-state index contributed by atoms with van der Waals surface area (Å²) in [5, 5.41) is 8.26. The molecule has 0 spiro atoms. The van der Waals surface area contributed by atoms with Gasteiger partial charge in [0.25, 0.3) is 0 Å². The fraction of sp³-hybridized carbons (Fsp3) is 1.00. The van der Waals surface area contributed by atoms with E-state index in [1.807, 2.05) is 0 Å². The number of ether oxygens (including phenoxy) is 1. The third kappa shape index (κ3) is 6.17. The molecular weight excluding hydrogens is 130 g/mol. The van der Waals surface area contributed by atoms with Crippen LogP contribution in [-0.2, 0) is 4.74 Å². The second kappa shape index (κ2) is 7.17. The molecule has 1 atom stereocenters. The van der Waals surface area contributed by atoms with Gasteiger partial charge in [-0.15, -0.1) is 12.4 Å². The SMILES string of the molecule is COC[C@H](N)CO.Cl. The lowest BCUT2D eigenvalue weighted by Gasteiger charge is -2.03. The predicted molar refractivity (Wildman–Crippen MR) is 34.2 cm³/mol. The summed E-state index contributed by atoms with van der Waals surface area (Å²) in [6.45, 7) is 0.421. The van der Waals surface area contributed by atoms with Crippen molar-refractivity contribution in [2.75, 3.05) is 20.3 Å². The highest BCUT2D eigenvalue weighted by atomic mass is 35.5. The van der Waals surface area contributed by atoms with Gasteiger partial charge < -0.3 is 15.6 Å². The fourth-order valence-corrected chi connectivity index (χ4v) is 0.267. The van der Waals surface area contributed by atoms with Crippen LogP contribution in [0.4, 0.5) is 0 Å². The van der Waals surface area contributed by atoms with Crippen LogP contribution in [0.1, 0.15) is 0 Å². The summed E-state index contributed by atoms with van der Waals surface area (Å²) in [7, 11) is 1.55. The van der Waals surface area contributed by atoms with E-state index in [1.54, 1.807) is 7.11 Å². The van der Waals surface area contributed by atoms with E-state index in [0.29, 0.717) is 6.61 Å². The van der Waals surface area contributed by atoms with Gasteiger partial charge >= 0.3 is 0 Å². The first-order valence-corrected chi connectivity index (χ1v) is 2.16. The quantitative estimate of drug-likeness (QED) is 0.551. The molecule has 0 aromatic rings. The highest BCUT2D eigenvalue weighted by molar-refractivity contribution is 5.85. The number of hydrogen-bond donors (Lipinski definition) is 2. The van der Waals surface area contributed by atoms with E-state index < -0.39 is 0 Å². The molecule has 0 heterocycles. The van der Waals surface area contributed by atoms with E-state index >= 15 is 0 Å². The van der Waals surface area contributed by atoms with Crippen LogP contribution in [0, 0.1) is 0 Å². The lowest BCUT2D eigenvalue weighted by atomic mass is 10.4. The average molecular weight is 142 g/mol.